The molecule has 0 aromatic heterocycles. The third-order valence-corrected chi connectivity index (χ3v) is 1.48. The molecule has 70 valence electrons. The van der Waals surface area contributed by atoms with Crippen LogP contribution in [0, 0.1) is 0 Å². The van der Waals surface area contributed by atoms with Gasteiger partial charge in [0.25, 0.3) is 3.79 Å². The summed E-state index contributed by atoms with van der Waals surface area (Å²) in [6.07, 6.45) is 3.20. The molecule has 0 aliphatic rings. The summed E-state index contributed by atoms with van der Waals surface area (Å²) in [7, 11) is 0. The summed E-state index contributed by atoms with van der Waals surface area (Å²) in [5.74, 6) is -0.608. The lowest BCUT2D eigenvalue weighted by molar-refractivity contribution is -0.113. The van der Waals surface area contributed by atoms with Crippen LogP contribution in [-0.2, 0) is 9.53 Å². The summed E-state index contributed by atoms with van der Waals surface area (Å²) < 4.78 is 2.99. The third-order valence-electron chi connectivity index (χ3n) is 0.917. The smallest absolute Gasteiger partial charge is 0.252 e. The van der Waals surface area contributed by atoms with E-state index in [1.165, 1.54) is 6.26 Å². The fraction of sp³-hybridized carbons (Fsp3) is 0.571. The van der Waals surface area contributed by atoms with Gasteiger partial charge in [-0.2, -0.15) is 0 Å². The van der Waals surface area contributed by atoms with E-state index in [4.69, 9.17) is 39.5 Å². The van der Waals surface area contributed by atoms with Crippen LogP contribution in [0.15, 0.2) is 12.3 Å². The summed E-state index contributed by atoms with van der Waals surface area (Å²) in [5, 5.41) is 0. The molecule has 0 rings (SSSR count). The van der Waals surface area contributed by atoms with Gasteiger partial charge in [-0.3, -0.25) is 4.79 Å². The van der Waals surface area contributed by atoms with E-state index in [9.17, 15) is 4.79 Å². The van der Waals surface area contributed by atoms with E-state index in [0.717, 1.165) is 12.5 Å². The van der Waals surface area contributed by atoms with Gasteiger partial charge in [0.05, 0.1) is 12.9 Å². The molecule has 0 heterocycles. The van der Waals surface area contributed by atoms with Gasteiger partial charge in [-0.05, 0) is 6.42 Å². The van der Waals surface area contributed by atoms with Crippen LogP contribution >= 0.6 is 34.8 Å². The quantitative estimate of drug-likeness (QED) is 0.322. The molecule has 0 unspecified atom stereocenters. The van der Waals surface area contributed by atoms with Crippen molar-refractivity contribution in [1.82, 2.24) is 0 Å². The number of halogens is 3. The molecule has 5 heteroatoms. The Labute approximate surface area is 86.4 Å². The third kappa shape index (κ3) is 5.70. The number of allylic oxidation sites excluding steroid dienone is 1. The predicted molar refractivity (Wildman–Crippen MR) is 50.7 cm³/mol. The number of hydrogen-bond acceptors (Lipinski definition) is 2. The summed E-state index contributed by atoms with van der Waals surface area (Å²) >= 11 is 15.8. The first-order valence-electron chi connectivity index (χ1n) is 3.37. The molecule has 0 radical (unpaired) electrons. The van der Waals surface area contributed by atoms with Crippen LogP contribution in [0.1, 0.15) is 13.3 Å². The van der Waals surface area contributed by atoms with Crippen LogP contribution in [0.2, 0.25) is 0 Å². The maximum absolute atomic E-state index is 10.9. The molecule has 0 N–H and O–H groups in total. The maximum atomic E-state index is 10.9. The van der Waals surface area contributed by atoms with Crippen LogP contribution in [0.3, 0.4) is 0 Å². The van der Waals surface area contributed by atoms with E-state index in [1.54, 1.807) is 0 Å². The minimum atomic E-state index is -1.88. The second-order valence-corrected chi connectivity index (χ2v) is 4.32. The van der Waals surface area contributed by atoms with Gasteiger partial charge in [0.15, 0.2) is 0 Å². The number of ketones is 1. The lowest BCUT2D eigenvalue weighted by Gasteiger charge is -2.04. The Morgan fingerprint density at radius 2 is 2.08 bits per heavy atom. The van der Waals surface area contributed by atoms with Crippen molar-refractivity contribution < 1.29 is 9.53 Å². The fourth-order valence-electron chi connectivity index (χ4n) is 0.390. The van der Waals surface area contributed by atoms with Gasteiger partial charge >= 0.3 is 0 Å². The lowest BCUT2D eigenvalue weighted by atomic mass is 10.4. The van der Waals surface area contributed by atoms with Crippen LogP contribution in [0.25, 0.3) is 0 Å². The second kappa shape index (κ2) is 5.68. The topological polar surface area (TPSA) is 26.3 Å². The van der Waals surface area contributed by atoms with Crippen molar-refractivity contribution in [2.45, 2.75) is 17.1 Å². The van der Waals surface area contributed by atoms with Crippen LogP contribution in [0.4, 0.5) is 0 Å². The van der Waals surface area contributed by atoms with Crippen molar-refractivity contribution in [3.05, 3.63) is 12.3 Å². The first-order valence-corrected chi connectivity index (χ1v) is 4.51. The number of hydrogen-bond donors (Lipinski definition) is 0. The Bertz CT molecular complexity index is 172. The monoisotopic (exact) mass is 230 g/mol. The van der Waals surface area contributed by atoms with Crippen molar-refractivity contribution in [2.75, 3.05) is 6.61 Å². The summed E-state index contributed by atoms with van der Waals surface area (Å²) in [6, 6.07) is 0. The molecule has 0 spiro atoms. The Morgan fingerprint density at radius 3 is 2.50 bits per heavy atom. The van der Waals surface area contributed by atoms with Gasteiger partial charge in [-0.1, -0.05) is 41.7 Å². The van der Waals surface area contributed by atoms with Gasteiger partial charge in [0, 0.05) is 6.08 Å². The number of carbonyl (C=O) groups excluding carboxylic acids is 1. The van der Waals surface area contributed by atoms with E-state index in [1.807, 2.05) is 6.92 Å². The van der Waals surface area contributed by atoms with E-state index in [-0.39, 0.29) is 0 Å². The van der Waals surface area contributed by atoms with Crippen LogP contribution in [-0.4, -0.2) is 16.2 Å². The molecular formula is C7H9Cl3O2. The predicted octanol–water partition coefficient (Wildman–Crippen LogP) is 2.87. The summed E-state index contributed by atoms with van der Waals surface area (Å²) in [4.78, 5) is 10.9. The highest BCUT2D eigenvalue weighted by Gasteiger charge is 2.27. The molecule has 0 saturated heterocycles. The first-order chi connectivity index (χ1) is 5.48. The molecule has 2 nitrogen and oxygen atoms in total. The van der Waals surface area contributed by atoms with E-state index in [2.05, 4.69) is 0 Å². The van der Waals surface area contributed by atoms with E-state index in [0.29, 0.717) is 6.61 Å². The van der Waals surface area contributed by atoms with Crippen LogP contribution < -0.4 is 0 Å². The molecule has 0 aliphatic heterocycles. The average Bonchev–Trinajstić information content (AvgIpc) is 1.96. The molecule has 0 aromatic rings. The minimum Gasteiger partial charge on any atom is -0.501 e. The van der Waals surface area contributed by atoms with Crippen molar-refractivity contribution in [3.8, 4) is 0 Å². The summed E-state index contributed by atoms with van der Waals surface area (Å²) in [5.41, 5.74) is 0. The Morgan fingerprint density at radius 1 is 1.50 bits per heavy atom. The van der Waals surface area contributed by atoms with Gasteiger partial charge in [-0.15, -0.1) is 0 Å². The standard InChI is InChI=1S/C7H9Cl3O2/c1-2-4-12-5-3-6(11)7(8,9)10/h3,5H,2,4H2,1H3/b5-3+. The highest BCUT2D eigenvalue weighted by atomic mass is 35.6. The first kappa shape index (κ1) is 12.1. The average molecular weight is 232 g/mol. The zero-order chi connectivity index (χ0) is 9.61. The number of carbonyl (C=O) groups is 1. The number of alkyl halides is 3. The highest BCUT2D eigenvalue weighted by molar-refractivity contribution is 6.77. The molecule has 0 aromatic carbocycles. The molecule has 0 bridgehead atoms. The van der Waals surface area contributed by atoms with Gasteiger partial charge in [0.1, 0.15) is 0 Å². The van der Waals surface area contributed by atoms with Crippen molar-refractivity contribution in [3.63, 3.8) is 0 Å². The zero-order valence-electron chi connectivity index (χ0n) is 6.52. The van der Waals surface area contributed by atoms with Gasteiger partial charge < -0.3 is 4.74 Å². The fourth-order valence-corrected chi connectivity index (χ4v) is 0.579. The SMILES string of the molecule is CCCO/C=C/C(=O)C(Cl)(Cl)Cl. The molecule has 0 fully saturated rings. The molecule has 0 aliphatic carbocycles. The normalized spacial score (nSPS) is 12.0. The minimum absolute atomic E-state index is 0.545. The summed E-state index contributed by atoms with van der Waals surface area (Å²) in [6.45, 7) is 2.49. The zero-order valence-corrected chi connectivity index (χ0v) is 8.79. The van der Waals surface area contributed by atoms with E-state index < -0.39 is 9.58 Å². The maximum Gasteiger partial charge on any atom is 0.252 e. The Kier molecular flexibility index (Phi) is 5.72. The van der Waals surface area contributed by atoms with Crippen molar-refractivity contribution >= 4 is 40.6 Å². The molecule has 0 amide bonds. The molecular weight excluding hydrogens is 222 g/mol. The van der Waals surface area contributed by atoms with Crippen molar-refractivity contribution in [2.24, 2.45) is 0 Å². The van der Waals surface area contributed by atoms with Crippen molar-refractivity contribution in [1.29, 1.82) is 0 Å². The molecule has 0 saturated carbocycles. The number of ether oxygens (including phenoxy) is 1. The van der Waals surface area contributed by atoms with E-state index >= 15 is 0 Å². The largest absolute Gasteiger partial charge is 0.501 e. The molecule has 0 atom stereocenters. The molecule has 12 heavy (non-hydrogen) atoms. The Balaban J connectivity index is 3.77. The van der Waals surface area contributed by atoms with Gasteiger partial charge in [-0.25, -0.2) is 0 Å². The second-order valence-electron chi connectivity index (χ2n) is 2.04. The Hall–Kier alpha value is 0.0800. The van der Waals surface area contributed by atoms with Gasteiger partial charge in [0.2, 0.25) is 5.78 Å². The van der Waals surface area contributed by atoms with Crippen LogP contribution in [0.5, 0.6) is 0 Å². The highest BCUT2D eigenvalue weighted by Crippen LogP contribution is 2.27. The lowest BCUT2D eigenvalue weighted by Crippen LogP contribution is -2.15. The number of rotatable bonds is 4.